The van der Waals surface area contributed by atoms with Crippen molar-refractivity contribution in [1.29, 1.82) is 0 Å². The molecule has 0 aromatic carbocycles. The zero-order chi connectivity index (χ0) is 38.3. The van der Waals surface area contributed by atoms with Gasteiger partial charge in [0.2, 0.25) is 0 Å². The smallest absolute Gasteiger partial charge is 0.306 e. The van der Waals surface area contributed by atoms with Crippen molar-refractivity contribution in [3.63, 3.8) is 0 Å². The molecule has 0 radical (unpaired) electrons. The van der Waals surface area contributed by atoms with Crippen molar-refractivity contribution in [3.8, 4) is 0 Å². The first kappa shape index (κ1) is 49.9. The molecule has 5 heteroatoms. The molecule has 3 aliphatic carbocycles. The van der Waals surface area contributed by atoms with Crippen LogP contribution in [-0.4, -0.2) is 37.7 Å². The second-order valence-corrected chi connectivity index (χ2v) is 17.1. The molecular weight excluding hydrogens is 655 g/mol. The van der Waals surface area contributed by atoms with Gasteiger partial charge in [-0.15, -0.1) is 0 Å². The Bertz CT molecular complexity index is 752. The molecule has 53 heavy (non-hydrogen) atoms. The summed E-state index contributed by atoms with van der Waals surface area (Å²) in [6, 6.07) is 0. The van der Waals surface area contributed by atoms with Crippen molar-refractivity contribution in [2.45, 2.75) is 264 Å². The molecule has 0 aromatic heterocycles. The van der Waals surface area contributed by atoms with E-state index in [2.05, 4.69) is 26.1 Å². The van der Waals surface area contributed by atoms with Gasteiger partial charge in [-0.05, 0) is 95.6 Å². The average molecular weight is 748 g/mol. The predicted molar refractivity (Wildman–Crippen MR) is 229 cm³/mol. The topological polar surface area (TPSA) is 64.6 Å². The number of nitrogens with one attached hydrogen (secondary N) is 1. The zero-order valence-electron chi connectivity index (χ0n) is 36.1. The number of fused-ring (bicyclic) bond motifs is 1. The third-order valence-electron chi connectivity index (χ3n) is 11.9. The van der Waals surface area contributed by atoms with Gasteiger partial charge in [0.15, 0.2) is 0 Å². The van der Waals surface area contributed by atoms with Gasteiger partial charge in [0.25, 0.3) is 0 Å². The summed E-state index contributed by atoms with van der Waals surface area (Å²) < 4.78 is 11.4. The molecule has 5 nitrogen and oxygen atoms in total. The van der Waals surface area contributed by atoms with Crippen molar-refractivity contribution >= 4 is 11.9 Å². The Balaban J connectivity index is 0.00000207. The van der Waals surface area contributed by atoms with Gasteiger partial charge in [-0.1, -0.05) is 175 Å². The molecule has 0 amide bonds. The fourth-order valence-electron chi connectivity index (χ4n) is 8.17. The summed E-state index contributed by atoms with van der Waals surface area (Å²) in [5.74, 6) is 2.40. The molecular formula is C48H93NO4. The lowest BCUT2D eigenvalue weighted by Crippen LogP contribution is -2.18. The van der Waals surface area contributed by atoms with E-state index in [0.717, 1.165) is 58.0 Å². The second kappa shape index (κ2) is 39.1. The summed E-state index contributed by atoms with van der Waals surface area (Å²) in [7, 11) is 0. The SMILES string of the molecule is C1CC2CC1C2.CCCCCCCCCOC(=O)CCCCCCCNCCCCCCCC(=O)OC(CCCCCCCC)CCCCCCCC. The number of unbranched alkanes of at least 4 members (excludes halogenated alkanes) is 24. The van der Waals surface area contributed by atoms with Gasteiger partial charge < -0.3 is 14.8 Å². The Morgan fingerprint density at radius 2 is 0.849 bits per heavy atom. The van der Waals surface area contributed by atoms with E-state index in [1.807, 2.05) is 0 Å². The maximum absolute atomic E-state index is 12.6. The van der Waals surface area contributed by atoms with Gasteiger partial charge in [-0.2, -0.15) is 0 Å². The fraction of sp³-hybridized carbons (Fsp3) is 0.958. The van der Waals surface area contributed by atoms with E-state index < -0.39 is 0 Å². The number of hydrogen-bond donors (Lipinski definition) is 1. The Labute approximate surface area is 331 Å². The average Bonchev–Trinajstić information content (AvgIpc) is 3.82. The molecule has 3 rings (SSSR count). The van der Waals surface area contributed by atoms with Gasteiger partial charge in [-0.25, -0.2) is 0 Å². The maximum atomic E-state index is 12.6. The quantitative estimate of drug-likeness (QED) is 0.0501. The molecule has 0 aromatic rings. The Hall–Kier alpha value is -1.10. The fourth-order valence-corrected chi connectivity index (χ4v) is 8.17. The molecule has 3 saturated carbocycles. The second-order valence-electron chi connectivity index (χ2n) is 17.1. The highest BCUT2D eigenvalue weighted by Crippen LogP contribution is 2.48. The van der Waals surface area contributed by atoms with E-state index in [1.54, 1.807) is 25.7 Å². The summed E-state index contributed by atoms with van der Waals surface area (Å²) in [5.41, 5.74) is 0. The number of hydrogen-bond acceptors (Lipinski definition) is 5. The van der Waals surface area contributed by atoms with E-state index in [4.69, 9.17) is 9.47 Å². The van der Waals surface area contributed by atoms with Gasteiger partial charge in [0.1, 0.15) is 6.10 Å². The number of rotatable bonds is 39. The first-order valence-electron chi connectivity index (χ1n) is 24.1. The summed E-state index contributed by atoms with van der Waals surface area (Å²) in [5, 5.41) is 3.59. The minimum Gasteiger partial charge on any atom is -0.466 e. The Morgan fingerprint density at radius 1 is 0.472 bits per heavy atom. The van der Waals surface area contributed by atoms with E-state index in [9.17, 15) is 9.59 Å². The third-order valence-corrected chi connectivity index (χ3v) is 11.9. The Morgan fingerprint density at radius 3 is 1.28 bits per heavy atom. The number of carbonyl (C=O) groups is 2. The molecule has 314 valence electrons. The van der Waals surface area contributed by atoms with Crippen LogP contribution in [-0.2, 0) is 19.1 Å². The van der Waals surface area contributed by atoms with Crippen LogP contribution in [0.5, 0.6) is 0 Å². The largest absolute Gasteiger partial charge is 0.466 e. The minimum atomic E-state index is -0.0103. The van der Waals surface area contributed by atoms with E-state index in [-0.39, 0.29) is 18.0 Å². The molecule has 0 saturated heterocycles. The van der Waals surface area contributed by atoms with Gasteiger partial charge in [0, 0.05) is 12.8 Å². The Kier molecular flexibility index (Phi) is 36.9. The predicted octanol–water partition coefficient (Wildman–Crippen LogP) is 14.8. The first-order chi connectivity index (χ1) is 26.1. The van der Waals surface area contributed by atoms with Gasteiger partial charge >= 0.3 is 11.9 Å². The molecule has 1 N–H and O–H groups in total. The maximum Gasteiger partial charge on any atom is 0.306 e. The minimum absolute atomic E-state index is 0.0103. The lowest BCUT2D eigenvalue weighted by atomic mass is 9.85. The molecule has 0 unspecified atom stereocenters. The molecule has 3 fully saturated rings. The van der Waals surface area contributed by atoms with Crippen LogP contribution in [0.4, 0.5) is 0 Å². The monoisotopic (exact) mass is 748 g/mol. The van der Waals surface area contributed by atoms with Crippen LogP contribution in [0.15, 0.2) is 0 Å². The lowest BCUT2D eigenvalue weighted by molar-refractivity contribution is -0.150. The third kappa shape index (κ3) is 33.9. The normalized spacial score (nSPS) is 16.0. The van der Waals surface area contributed by atoms with Gasteiger partial charge in [0.05, 0.1) is 6.61 Å². The zero-order valence-corrected chi connectivity index (χ0v) is 36.1. The standard InChI is InChI=1S/C42H83NO4.C6H10/c1-4-7-10-13-16-25-32-39-46-41(44)35-28-21-17-23-30-37-43-38-31-24-18-22-29-36-42(45)47-40(33-26-19-14-11-8-5-2)34-27-20-15-12-9-6-3;1-2-6-3-5(1)4-6/h40,43H,4-39H2,1-3H3;5-6H,1-4H2. The lowest BCUT2D eigenvalue weighted by Gasteiger charge is -2.21. The summed E-state index contributed by atoms with van der Waals surface area (Å²) in [6.07, 6.45) is 45.4. The highest BCUT2D eigenvalue weighted by molar-refractivity contribution is 5.69. The van der Waals surface area contributed by atoms with Crippen LogP contribution < -0.4 is 5.32 Å². The van der Waals surface area contributed by atoms with Gasteiger partial charge in [-0.3, -0.25) is 9.59 Å². The van der Waals surface area contributed by atoms with Crippen molar-refractivity contribution in [2.24, 2.45) is 11.8 Å². The number of ether oxygens (including phenoxy) is 2. The van der Waals surface area contributed by atoms with Crippen molar-refractivity contribution in [3.05, 3.63) is 0 Å². The molecule has 0 spiro atoms. The molecule has 3 aliphatic rings. The van der Waals surface area contributed by atoms with Crippen molar-refractivity contribution in [1.82, 2.24) is 5.32 Å². The van der Waals surface area contributed by atoms with Crippen LogP contribution >= 0.6 is 0 Å². The van der Waals surface area contributed by atoms with E-state index in [0.29, 0.717) is 19.4 Å². The van der Waals surface area contributed by atoms with Crippen LogP contribution in [0.25, 0.3) is 0 Å². The highest BCUT2D eigenvalue weighted by Gasteiger charge is 2.35. The highest BCUT2D eigenvalue weighted by atomic mass is 16.5. The van der Waals surface area contributed by atoms with Crippen molar-refractivity contribution in [2.75, 3.05) is 19.7 Å². The van der Waals surface area contributed by atoms with Crippen LogP contribution in [0.1, 0.15) is 258 Å². The number of carbonyl (C=O) groups excluding carboxylic acids is 2. The van der Waals surface area contributed by atoms with Crippen LogP contribution in [0.2, 0.25) is 0 Å². The van der Waals surface area contributed by atoms with E-state index >= 15 is 0 Å². The molecule has 0 heterocycles. The van der Waals surface area contributed by atoms with Crippen LogP contribution in [0.3, 0.4) is 0 Å². The first-order valence-corrected chi connectivity index (χ1v) is 24.1. The summed E-state index contributed by atoms with van der Waals surface area (Å²) in [4.78, 5) is 24.5. The number of esters is 2. The summed E-state index contributed by atoms with van der Waals surface area (Å²) >= 11 is 0. The van der Waals surface area contributed by atoms with Crippen molar-refractivity contribution < 1.29 is 19.1 Å². The van der Waals surface area contributed by atoms with E-state index in [1.165, 1.54) is 166 Å². The molecule has 0 aliphatic heterocycles. The summed E-state index contributed by atoms with van der Waals surface area (Å²) in [6.45, 7) is 9.55. The molecule has 2 bridgehead atoms. The van der Waals surface area contributed by atoms with Crippen LogP contribution in [0, 0.1) is 11.8 Å². The molecule has 0 atom stereocenters.